The van der Waals surface area contributed by atoms with Crippen molar-refractivity contribution >= 4 is 0 Å². The van der Waals surface area contributed by atoms with Gasteiger partial charge in [0.25, 0.3) is 0 Å². The maximum atomic E-state index is 3.97. The Bertz CT molecular complexity index is 256. The van der Waals surface area contributed by atoms with Crippen molar-refractivity contribution in [1.82, 2.24) is 0 Å². The number of rotatable bonds is 19. The minimum Gasteiger partial charge on any atom is -0.100 e. The minimum absolute atomic E-state index is 1.23. The second kappa shape index (κ2) is 18.8. The van der Waals surface area contributed by atoms with Crippen LogP contribution in [0.4, 0.5) is 0 Å². The Labute approximate surface area is 154 Å². The van der Waals surface area contributed by atoms with Crippen LogP contribution in [0.25, 0.3) is 0 Å². The molecule has 0 rings (SSSR count). The van der Waals surface area contributed by atoms with Crippen molar-refractivity contribution < 1.29 is 0 Å². The smallest absolute Gasteiger partial charge is 0.0326 e. The van der Waals surface area contributed by atoms with Crippen LogP contribution in [0.5, 0.6) is 0 Å². The topological polar surface area (TPSA) is 0 Å². The molecule has 0 bridgehead atoms. The zero-order chi connectivity index (χ0) is 17.9. The van der Waals surface area contributed by atoms with Gasteiger partial charge in [-0.2, -0.15) is 0 Å². The number of hydrogen-bond donors (Lipinski definition) is 0. The van der Waals surface area contributed by atoms with Gasteiger partial charge in [0.2, 0.25) is 0 Å². The molecule has 0 aliphatic heterocycles. The van der Waals surface area contributed by atoms with Crippen molar-refractivity contribution in [2.75, 3.05) is 0 Å². The van der Waals surface area contributed by atoms with Crippen molar-refractivity contribution in [3.8, 4) is 0 Å². The van der Waals surface area contributed by atoms with Crippen LogP contribution < -0.4 is 0 Å². The van der Waals surface area contributed by atoms with E-state index < -0.39 is 0 Å². The van der Waals surface area contributed by atoms with Crippen LogP contribution >= 0.6 is 0 Å². The summed E-state index contributed by atoms with van der Waals surface area (Å²) in [6.07, 6.45) is 25.4. The zero-order valence-electron chi connectivity index (χ0n) is 17.1. The van der Waals surface area contributed by atoms with Gasteiger partial charge in [0.15, 0.2) is 0 Å². The standard InChI is InChI=1S/C24H46/c1-23(2)21-19-17-15-13-11-9-7-5-6-8-10-12-14-16-18-20-22-24(3)4/h1,3,5-22H2,2,4H3. The maximum Gasteiger partial charge on any atom is -0.0326 e. The largest absolute Gasteiger partial charge is 0.100 e. The van der Waals surface area contributed by atoms with Gasteiger partial charge in [-0.1, -0.05) is 101 Å². The van der Waals surface area contributed by atoms with E-state index in [-0.39, 0.29) is 0 Å². The number of hydrogen-bond acceptors (Lipinski definition) is 0. The highest BCUT2D eigenvalue weighted by molar-refractivity contribution is 4.87. The third kappa shape index (κ3) is 21.5. The lowest BCUT2D eigenvalue weighted by Gasteiger charge is -2.04. The van der Waals surface area contributed by atoms with Gasteiger partial charge in [-0.15, -0.1) is 13.2 Å². The molecule has 0 fully saturated rings. The number of allylic oxidation sites excluding steroid dienone is 2. The lowest BCUT2D eigenvalue weighted by Crippen LogP contribution is -1.84. The van der Waals surface area contributed by atoms with Crippen molar-refractivity contribution in [2.24, 2.45) is 0 Å². The average Bonchev–Trinajstić information content (AvgIpc) is 2.53. The van der Waals surface area contributed by atoms with E-state index in [1.54, 1.807) is 0 Å². The molecule has 0 aromatic carbocycles. The van der Waals surface area contributed by atoms with Crippen LogP contribution in [0.2, 0.25) is 0 Å². The molecule has 0 unspecified atom stereocenters. The van der Waals surface area contributed by atoms with E-state index in [4.69, 9.17) is 0 Å². The van der Waals surface area contributed by atoms with Crippen molar-refractivity contribution in [2.45, 2.75) is 129 Å². The summed E-state index contributed by atoms with van der Waals surface area (Å²) in [5, 5.41) is 0. The fraction of sp³-hybridized carbons (Fsp3) is 0.833. The first kappa shape index (κ1) is 23.5. The molecule has 0 N–H and O–H groups in total. The SMILES string of the molecule is C=C(C)CCCCCCCCCCCCCCCCCCC(=C)C. The summed E-state index contributed by atoms with van der Waals surface area (Å²) in [6.45, 7) is 12.2. The third-order valence-electron chi connectivity index (χ3n) is 4.96. The van der Waals surface area contributed by atoms with Crippen LogP contribution in [0.15, 0.2) is 24.3 Å². The molecule has 0 aliphatic rings. The summed E-state index contributed by atoms with van der Waals surface area (Å²) >= 11 is 0. The quantitative estimate of drug-likeness (QED) is 0.163. The van der Waals surface area contributed by atoms with E-state index in [2.05, 4.69) is 27.0 Å². The summed E-state index contributed by atoms with van der Waals surface area (Å²) in [5.74, 6) is 0. The monoisotopic (exact) mass is 334 g/mol. The average molecular weight is 335 g/mol. The fourth-order valence-corrected chi connectivity index (χ4v) is 3.33. The molecule has 142 valence electrons. The Morgan fingerprint density at radius 1 is 0.375 bits per heavy atom. The second-order valence-electron chi connectivity index (χ2n) is 8.07. The molecular formula is C24H46. The molecule has 0 aromatic heterocycles. The minimum atomic E-state index is 1.23. The van der Waals surface area contributed by atoms with Gasteiger partial charge in [0, 0.05) is 0 Å². The number of unbranched alkanes of at least 4 members (excludes halogenated alkanes) is 15. The molecule has 0 radical (unpaired) electrons. The van der Waals surface area contributed by atoms with Crippen molar-refractivity contribution in [3.63, 3.8) is 0 Å². The van der Waals surface area contributed by atoms with Gasteiger partial charge < -0.3 is 0 Å². The lowest BCUT2D eigenvalue weighted by molar-refractivity contribution is 0.527. The molecule has 0 saturated carbocycles. The Hall–Kier alpha value is -0.520. The van der Waals surface area contributed by atoms with E-state index >= 15 is 0 Å². The first-order valence-corrected chi connectivity index (χ1v) is 10.9. The summed E-state index contributed by atoms with van der Waals surface area (Å²) < 4.78 is 0. The van der Waals surface area contributed by atoms with Crippen LogP contribution in [-0.2, 0) is 0 Å². The Balaban J connectivity index is 3.00. The second-order valence-corrected chi connectivity index (χ2v) is 8.07. The van der Waals surface area contributed by atoms with E-state index in [0.29, 0.717) is 0 Å². The lowest BCUT2D eigenvalue weighted by atomic mass is 10.0. The van der Waals surface area contributed by atoms with Gasteiger partial charge >= 0.3 is 0 Å². The summed E-state index contributed by atoms with van der Waals surface area (Å²) in [7, 11) is 0. The summed E-state index contributed by atoms with van der Waals surface area (Å²) in [4.78, 5) is 0. The molecule has 0 heteroatoms. The summed E-state index contributed by atoms with van der Waals surface area (Å²) in [6, 6.07) is 0. The third-order valence-corrected chi connectivity index (χ3v) is 4.96. The maximum absolute atomic E-state index is 3.97. The van der Waals surface area contributed by atoms with Crippen LogP contribution in [0.1, 0.15) is 129 Å². The highest BCUT2D eigenvalue weighted by Crippen LogP contribution is 2.15. The highest BCUT2D eigenvalue weighted by atomic mass is 14.0. The molecule has 0 nitrogen and oxygen atoms in total. The summed E-state index contributed by atoms with van der Waals surface area (Å²) in [5.41, 5.74) is 2.69. The fourth-order valence-electron chi connectivity index (χ4n) is 3.33. The van der Waals surface area contributed by atoms with E-state index in [1.165, 1.54) is 127 Å². The molecule has 0 atom stereocenters. The van der Waals surface area contributed by atoms with Crippen molar-refractivity contribution in [1.29, 1.82) is 0 Å². The van der Waals surface area contributed by atoms with Gasteiger partial charge in [-0.05, 0) is 39.5 Å². The predicted octanol–water partition coefficient (Wildman–Crippen LogP) is 9.16. The molecule has 0 spiro atoms. The van der Waals surface area contributed by atoms with Gasteiger partial charge in [0.1, 0.15) is 0 Å². The normalized spacial score (nSPS) is 10.9. The Kier molecular flexibility index (Phi) is 18.4. The van der Waals surface area contributed by atoms with E-state index in [1.807, 2.05) is 0 Å². The van der Waals surface area contributed by atoms with Gasteiger partial charge in [-0.25, -0.2) is 0 Å². The molecule has 0 saturated heterocycles. The van der Waals surface area contributed by atoms with Crippen LogP contribution in [0, 0.1) is 0 Å². The zero-order valence-corrected chi connectivity index (χ0v) is 17.1. The first-order chi connectivity index (χ1) is 11.6. The first-order valence-electron chi connectivity index (χ1n) is 10.9. The molecule has 0 heterocycles. The van der Waals surface area contributed by atoms with E-state index in [9.17, 15) is 0 Å². The van der Waals surface area contributed by atoms with E-state index in [0.717, 1.165) is 0 Å². The Morgan fingerprint density at radius 2 is 0.542 bits per heavy atom. The van der Waals surface area contributed by atoms with Gasteiger partial charge in [0.05, 0.1) is 0 Å². The molecule has 24 heavy (non-hydrogen) atoms. The molecule has 0 amide bonds. The van der Waals surface area contributed by atoms with Crippen molar-refractivity contribution in [3.05, 3.63) is 24.3 Å². The molecular weight excluding hydrogens is 288 g/mol. The van der Waals surface area contributed by atoms with Crippen LogP contribution in [-0.4, -0.2) is 0 Å². The predicted molar refractivity (Wildman–Crippen MR) is 113 cm³/mol. The molecule has 0 aromatic rings. The van der Waals surface area contributed by atoms with Gasteiger partial charge in [-0.3, -0.25) is 0 Å². The highest BCUT2D eigenvalue weighted by Gasteiger charge is 1.95. The molecule has 0 aliphatic carbocycles. The van der Waals surface area contributed by atoms with Crippen LogP contribution in [0.3, 0.4) is 0 Å². The Morgan fingerprint density at radius 3 is 0.708 bits per heavy atom.